The van der Waals surface area contributed by atoms with E-state index in [0.717, 1.165) is 68.3 Å². The number of hydrogen-bond donors (Lipinski definition) is 0. The molecule has 0 spiro atoms. The molecule has 2 fully saturated rings. The van der Waals surface area contributed by atoms with E-state index in [0.29, 0.717) is 19.0 Å². The largest absolute Gasteiger partial charge is 0.340 e. The molecule has 0 radical (unpaired) electrons. The van der Waals surface area contributed by atoms with E-state index in [2.05, 4.69) is 55.7 Å². The van der Waals surface area contributed by atoms with E-state index in [1.54, 1.807) is 0 Å². The molecule has 0 saturated carbocycles. The second kappa shape index (κ2) is 17.0. The summed E-state index contributed by atoms with van der Waals surface area (Å²) < 4.78 is 2.17. The highest BCUT2D eigenvalue weighted by Gasteiger charge is 2.34. The van der Waals surface area contributed by atoms with E-state index in [1.807, 2.05) is 64.2 Å². The molecule has 2 aromatic heterocycles. The van der Waals surface area contributed by atoms with Crippen LogP contribution in [-0.4, -0.2) is 87.5 Å². The Kier molecular flexibility index (Phi) is 13.1. The van der Waals surface area contributed by atoms with Gasteiger partial charge in [-0.3, -0.25) is 19.7 Å². The van der Waals surface area contributed by atoms with Crippen LogP contribution in [0.3, 0.4) is 0 Å². The fourth-order valence-corrected chi connectivity index (χ4v) is 6.91. The van der Waals surface area contributed by atoms with Gasteiger partial charge in [0, 0.05) is 81.8 Å². The van der Waals surface area contributed by atoms with Gasteiger partial charge in [0.05, 0.1) is 23.8 Å². The first-order valence-electron chi connectivity index (χ1n) is 17.1. The molecule has 3 aromatic rings. The first-order valence-corrected chi connectivity index (χ1v) is 17.4. The summed E-state index contributed by atoms with van der Waals surface area (Å²) in [5, 5.41) is 6.83. The molecule has 254 valence electrons. The van der Waals surface area contributed by atoms with Crippen molar-refractivity contribution in [3.63, 3.8) is 0 Å². The number of hydrogen-bond acceptors (Lipinski definition) is 7. The zero-order valence-electron chi connectivity index (χ0n) is 28.9. The molecule has 0 N–H and O–H groups in total. The number of piperazine rings is 1. The highest BCUT2D eigenvalue weighted by molar-refractivity contribution is 6.30. The minimum absolute atomic E-state index is 0.0540. The average Bonchev–Trinajstić information content (AvgIpc) is 3.42. The van der Waals surface area contributed by atoms with Crippen LogP contribution in [0.25, 0.3) is 0 Å². The predicted molar refractivity (Wildman–Crippen MR) is 190 cm³/mol. The number of halogens is 1. The summed E-state index contributed by atoms with van der Waals surface area (Å²) >= 11 is 6.30. The van der Waals surface area contributed by atoms with Crippen LogP contribution in [0.1, 0.15) is 81.1 Å². The average molecular weight is 662 g/mol. The van der Waals surface area contributed by atoms with Gasteiger partial charge in [-0.2, -0.15) is 5.10 Å². The molecule has 2 saturated heterocycles. The molecular weight excluding hydrogens is 610 g/mol. The lowest BCUT2D eigenvalue weighted by Crippen LogP contribution is -2.50. The van der Waals surface area contributed by atoms with Gasteiger partial charge in [0.2, 0.25) is 5.91 Å². The third-order valence-electron chi connectivity index (χ3n) is 9.14. The maximum Gasteiger partial charge on any atom is 0.223 e. The number of carbonyl (C=O) groups excluding carboxylic acids is 2. The van der Waals surface area contributed by atoms with E-state index in [9.17, 15) is 9.59 Å². The van der Waals surface area contributed by atoms with Gasteiger partial charge in [0.15, 0.2) is 0 Å². The Labute approximate surface area is 286 Å². The maximum absolute atomic E-state index is 12.7. The van der Waals surface area contributed by atoms with Crippen molar-refractivity contribution in [3.05, 3.63) is 82.2 Å². The molecule has 47 heavy (non-hydrogen) atoms. The summed E-state index contributed by atoms with van der Waals surface area (Å²) in [6, 6.07) is 10.4. The number of fused-ring (bicyclic) bond motifs is 2. The summed E-state index contributed by atoms with van der Waals surface area (Å²) in [5.41, 5.74) is 5.40. The standard InChI is InChI=1S/C24H28ClN3O2.C11H18N4.C2H6/c1-24(2,16-29)15-21(30)27-10-12-28(13-11-27)23-20-8-7-19(25)14-18(20)6-5-17-4-3-9-26-22(17)23;1-10-6-14(9-13-10)7-11-4-3-5-15(8-11)12-2;1-2/h3-4,7-9,14,16,23H,5-6,10-13,15H2,1-2H3;6,9,11H,2-5,7-8H2,1H3;1-2H3/t23-;11-;/m00./s1. The molecule has 1 amide bonds. The quantitative estimate of drug-likeness (QED) is 0.221. The monoisotopic (exact) mass is 661 g/mol. The lowest BCUT2D eigenvalue weighted by Gasteiger charge is -2.40. The number of imidazole rings is 1. The zero-order valence-corrected chi connectivity index (χ0v) is 29.6. The molecule has 4 heterocycles. The molecule has 10 heteroatoms. The van der Waals surface area contributed by atoms with Crippen LogP contribution in [0, 0.1) is 18.3 Å². The smallest absolute Gasteiger partial charge is 0.223 e. The Hall–Kier alpha value is -3.56. The van der Waals surface area contributed by atoms with Crippen LogP contribution in [0.2, 0.25) is 5.02 Å². The van der Waals surface area contributed by atoms with E-state index < -0.39 is 5.41 Å². The van der Waals surface area contributed by atoms with Crippen molar-refractivity contribution in [1.29, 1.82) is 0 Å². The molecule has 2 atom stereocenters. The van der Waals surface area contributed by atoms with E-state index in [1.165, 1.54) is 29.5 Å². The normalized spacial score (nSPS) is 19.5. The third-order valence-corrected chi connectivity index (χ3v) is 9.37. The highest BCUT2D eigenvalue weighted by atomic mass is 35.5. The molecule has 9 nitrogen and oxygen atoms in total. The third kappa shape index (κ3) is 9.73. The van der Waals surface area contributed by atoms with Crippen LogP contribution < -0.4 is 0 Å². The second-order valence-electron chi connectivity index (χ2n) is 13.3. The Morgan fingerprint density at radius 3 is 2.51 bits per heavy atom. The van der Waals surface area contributed by atoms with Gasteiger partial charge in [-0.05, 0) is 73.4 Å². The summed E-state index contributed by atoms with van der Waals surface area (Å²) in [4.78, 5) is 37.2. The van der Waals surface area contributed by atoms with Gasteiger partial charge in [-0.15, -0.1) is 0 Å². The summed E-state index contributed by atoms with van der Waals surface area (Å²) in [6.07, 6.45) is 11.4. The minimum atomic E-state index is -0.615. The fraction of sp³-hybridized carbons (Fsp3) is 0.541. The molecule has 2 aliphatic heterocycles. The van der Waals surface area contributed by atoms with Gasteiger partial charge < -0.3 is 14.3 Å². The first kappa shape index (κ1) is 36.3. The second-order valence-corrected chi connectivity index (χ2v) is 13.7. The maximum atomic E-state index is 12.7. The SMILES string of the molecule is C=NN1CCC[C@@H](Cn2cnc(C)c2)C1.CC.CC(C)(C=O)CC(=O)N1CCN([C@H]2c3ccc(Cl)cc3CCc3cccnc32)CC1. The van der Waals surface area contributed by atoms with Crippen molar-refractivity contribution < 1.29 is 9.59 Å². The number of aromatic nitrogens is 3. The lowest BCUT2D eigenvalue weighted by atomic mass is 9.90. The summed E-state index contributed by atoms with van der Waals surface area (Å²) in [5.74, 6) is 0.733. The van der Waals surface area contributed by atoms with Gasteiger partial charge in [0.25, 0.3) is 0 Å². The Morgan fingerprint density at radius 2 is 1.83 bits per heavy atom. The summed E-state index contributed by atoms with van der Waals surface area (Å²) in [7, 11) is 0. The number of amides is 1. The van der Waals surface area contributed by atoms with Crippen molar-refractivity contribution >= 4 is 30.5 Å². The van der Waals surface area contributed by atoms with Gasteiger partial charge >= 0.3 is 0 Å². The van der Waals surface area contributed by atoms with E-state index in [-0.39, 0.29) is 18.4 Å². The van der Waals surface area contributed by atoms with Crippen molar-refractivity contribution in [3.8, 4) is 0 Å². The molecule has 1 aliphatic carbocycles. The molecule has 6 rings (SSSR count). The van der Waals surface area contributed by atoms with E-state index in [4.69, 9.17) is 16.6 Å². The number of nitrogens with zero attached hydrogens (tertiary/aromatic N) is 7. The van der Waals surface area contributed by atoms with Crippen molar-refractivity contribution in [2.45, 2.75) is 79.3 Å². The Bertz CT molecular complexity index is 1480. The van der Waals surface area contributed by atoms with Gasteiger partial charge in [0.1, 0.15) is 6.29 Å². The number of piperidine rings is 1. The van der Waals surface area contributed by atoms with Gasteiger partial charge in [-0.1, -0.05) is 51.4 Å². The van der Waals surface area contributed by atoms with Crippen LogP contribution >= 0.6 is 11.6 Å². The predicted octanol–water partition coefficient (Wildman–Crippen LogP) is 6.23. The first-order chi connectivity index (χ1) is 22.7. The molecule has 3 aliphatic rings. The molecule has 0 bridgehead atoms. The molecular formula is C37H52ClN7O2. The number of aldehydes is 1. The number of rotatable bonds is 7. The zero-order chi connectivity index (χ0) is 34.0. The van der Waals surface area contributed by atoms with Crippen LogP contribution in [-0.2, 0) is 29.0 Å². The Morgan fingerprint density at radius 1 is 1.09 bits per heavy atom. The number of aryl methyl sites for hydroxylation is 3. The highest BCUT2D eigenvalue weighted by Crippen LogP contribution is 2.37. The number of hydrazone groups is 1. The van der Waals surface area contributed by atoms with Crippen LogP contribution in [0.5, 0.6) is 0 Å². The fourth-order valence-electron chi connectivity index (χ4n) is 6.72. The minimum Gasteiger partial charge on any atom is -0.340 e. The van der Waals surface area contributed by atoms with Gasteiger partial charge in [-0.25, -0.2) is 4.98 Å². The molecule has 1 aromatic carbocycles. The van der Waals surface area contributed by atoms with Crippen LogP contribution in [0.15, 0.2) is 54.2 Å². The van der Waals surface area contributed by atoms with E-state index >= 15 is 0 Å². The number of benzene rings is 1. The number of pyridine rings is 1. The van der Waals surface area contributed by atoms with Crippen molar-refractivity contribution in [1.82, 2.24) is 29.3 Å². The molecule has 0 unspecified atom stereocenters. The topological polar surface area (TPSA) is 86.9 Å². The summed E-state index contributed by atoms with van der Waals surface area (Å²) in [6.45, 7) is 19.2. The Balaban J connectivity index is 0.000000246. The van der Waals surface area contributed by atoms with Crippen LogP contribution in [0.4, 0.5) is 0 Å². The van der Waals surface area contributed by atoms with Crippen molar-refractivity contribution in [2.75, 3.05) is 39.3 Å². The van der Waals surface area contributed by atoms with Crippen molar-refractivity contribution in [2.24, 2.45) is 16.4 Å². The lowest BCUT2D eigenvalue weighted by molar-refractivity contribution is -0.137. The number of carbonyl (C=O) groups is 2.